The first-order valence-corrected chi connectivity index (χ1v) is 9.36. The topological polar surface area (TPSA) is 41.9 Å². The van der Waals surface area contributed by atoms with Crippen LogP contribution in [0.2, 0.25) is 5.02 Å². The Morgan fingerprint density at radius 3 is 2.54 bits per heavy atom. The van der Waals surface area contributed by atoms with Gasteiger partial charge in [0.15, 0.2) is 0 Å². The molecule has 1 aromatic rings. The van der Waals surface area contributed by atoms with Crippen LogP contribution in [0.25, 0.3) is 0 Å². The minimum absolute atomic E-state index is 0.218. The fourth-order valence-corrected chi connectivity index (χ4v) is 3.40. The van der Waals surface area contributed by atoms with Gasteiger partial charge in [-0.25, -0.2) is 0 Å². The van der Waals surface area contributed by atoms with E-state index in [-0.39, 0.29) is 6.61 Å². The highest BCUT2D eigenvalue weighted by molar-refractivity contribution is 6.30. The van der Waals surface area contributed by atoms with E-state index in [1.54, 1.807) is 12.1 Å². The maximum absolute atomic E-state index is 11.0. The van der Waals surface area contributed by atoms with Crippen molar-refractivity contribution in [3.05, 3.63) is 29.3 Å². The van der Waals surface area contributed by atoms with Crippen LogP contribution >= 0.6 is 11.6 Å². The predicted molar refractivity (Wildman–Crippen MR) is 97.9 cm³/mol. The highest BCUT2D eigenvalue weighted by Crippen LogP contribution is 2.22. The molecule has 4 nitrogen and oxygen atoms in total. The molecule has 1 aliphatic heterocycles. The van der Waals surface area contributed by atoms with Crippen molar-refractivity contribution >= 4 is 11.6 Å². The van der Waals surface area contributed by atoms with Gasteiger partial charge in [0.05, 0.1) is 13.2 Å². The molecule has 0 aliphatic carbocycles. The van der Waals surface area contributed by atoms with Gasteiger partial charge < -0.3 is 14.6 Å². The molecule has 1 heterocycles. The van der Waals surface area contributed by atoms with E-state index in [0.717, 1.165) is 32.2 Å². The minimum atomic E-state index is -0.990. The zero-order chi connectivity index (χ0) is 17.4. The number of ether oxygens (including phenoxy) is 2. The fourth-order valence-electron chi connectivity index (χ4n) is 3.27. The summed E-state index contributed by atoms with van der Waals surface area (Å²) in [7, 11) is 0. The highest BCUT2D eigenvalue weighted by atomic mass is 35.5. The largest absolute Gasteiger partial charge is 0.490 e. The number of halogens is 1. The molecule has 1 aliphatic rings. The summed E-state index contributed by atoms with van der Waals surface area (Å²) in [6.45, 7) is 7.07. The van der Waals surface area contributed by atoms with Crippen molar-refractivity contribution < 1.29 is 14.6 Å². The Labute approximate surface area is 150 Å². The molecular formula is C19H30ClNO3. The molecule has 2 rings (SSSR count). The molecule has 0 aromatic heterocycles. The number of hydrogen-bond acceptors (Lipinski definition) is 4. The standard InChI is InChI=1S/C19H30ClNO3/c1-3-5-17(6-4-2)21-11-12-23-14-19(22,13-21)15-24-18-9-7-16(20)8-10-18/h7-10,17,22H,3-6,11-15H2,1-2H3. The van der Waals surface area contributed by atoms with Gasteiger partial charge in [-0.2, -0.15) is 0 Å². The molecule has 1 fully saturated rings. The maximum Gasteiger partial charge on any atom is 0.134 e. The van der Waals surface area contributed by atoms with Crippen LogP contribution in [0.4, 0.5) is 0 Å². The summed E-state index contributed by atoms with van der Waals surface area (Å²) >= 11 is 5.89. The number of β-amino-alcohol motifs (C(OH)–C–C–N with tert-alkyl or cyclic N) is 1. The van der Waals surface area contributed by atoms with Crippen LogP contribution in [0.15, 0.2) is 24.3 Å². The summed E-state index contributed by atoms with van der Waals surface area (Å²) in [4.78, 5) is 2.38. The second-order valence-corrected chi connectivity index (χ2v) is 7.16. The molecule has 1 atom stereocenters. The Morgan fingerprint density at radius 2 is 1.92 bits per heavy atom. The van der Waals surface area contributed by atoms with Crippen molar-refractivity contribution in [2.75, 3.05) is 32.9 Å². The molecule has 1 saturated heterocycles. The first-order valence-electron chi connectivity index (χ1n) is 8.99. The Bertz CT molecular complexity index is 476. The second-order valence-electron chi connectivity index (χ2n) is 6.72. The van der Waals surface area contributed by atoms with Crippen LogP contribution in [-0.4, -0.2) is 54.6 Å². The zero-order valence-corrected chi connectivity index (χ0v) is 15.6. The molecule has 0 bridgehead atoms. The lowest BCUT2D eigenvalue weighted by Gasteiger charge is -2.35. The molecule has 0 amide bonds. The molecule has 5 heteroatoms. The normalized spacial score (nSPS) is 22.5. The van der Waals surface area contributed by atoms with Crippen LogP contribution < -0.4 is 4.74 Å². The van der Waals surface area contributed by atoms with Crippen molar-refractivity contribution in [2.24, 2.45) is 0 Å². The summed E-state index contributed by atoms with van der Waals surface area (Å²) in [5, 5.41) is 11.7. The molecule has 24 heavy (non-hydrogen) atoms. The number of nitrogens with zero attached hydrogens (tertiary/aromatic N) is 1. The molecule has 1 unspecified atom stereocenters. The van der Waals surface area contributed by atoms with Crippen molar-refractivity contribution in [2.45, 2.75) is 51.2 Å². The van der Waals surface area contributed by atoms with Crippen LogP contribution in [0.5, 0.6) is 5.75 Å². The third-order valence-electron chi connectivity index (χ3n) is 4.47. The van der Waals surface area contributed by atoms with E-state index in [1.807, 2.05) is 12.1 Å². The van der Waals surface area contributed by atoms with Gasteiger partial charge in [-0.3, -0.25) is 4.90 Å². The van der Waals surface area contributed by atoms with E-state index >= 15 is 0 Å². The zero-order valence-electron chi connectivity index (χ0n) is 14.8. The summed E-state index contributed by atoms with van der Waals surface area (Å²) in [5.74, 6) is 0.710. The van der Waals surface area contributed by atoms with Crippen LogP contribution in [0, 0.1) is 0 Å². The highest BCUT2D eigenvalue weighted by Gasteiger charge is 2.35. The molecule has 0 spiro atoms. The summed E-state index contributed by atoms with van der Waals surface area (Å²) < 4.78 is 11.5. The van der Waals surface area contributed by atoms with E-state index in [2.05, 4.69) is 18.7 Å². The number of hydrogen-bond donors (Lipinski definition) is 1. The second kappa shape index (κ2) is 9.62. The fraction of sp³-hybridized carbons (Fsp3) is 0.684. The SMILES string of the molecule is CCCC(CCC)N1CCOCC(O)(COc2ccc(Cl)cc2)C1. The van der Waals surface area contributed by atoms with Crippen molar-refractivity contribution in [1.82, 2.24) is 4.90 Å². The van der Waals surface area contributed by atoms with Crippen molar-refractivity contribution in [3.8, 4) is 5.75 Å². The van der Waals surface area contributed by atoms with E-state index in [9.17, 15) is 5.11 Å². The van der Waals surface area contributed by atoms with E-state index in [4.69, 9.17) is 21.1 Å². The molecule has 1 N–H and O–H groups in total. The van der Waals surface area contributed by atoms with Crippen molar-refractivity contribution in [1.29, 1.82) is 0 Å². The van der Waals surface area contributed by atoms with Gasteiger partial charge in [0.1, 0.15) is 18.0 Å². The molecule has 0 radical (unpaired) electrons. The van der Waals surface area contributed by atoms with Crippen LogP contribution in [0.1, 0.15) is 39.5 Å². The lowest BCUT2D eigenvalue weighted by atomic mass is 10.0. The van der Waals surface area contributed by atoms with Crippen LogP contribution in [0.3, 0.4) is 0 Å². The first kappa shape index (κ1) is 19.5. The van der Waals surface area contributed by atoms with Gasteiger partial charge in [-0.05, 0) is 37.1 Å². The minimum Gasteiger partial charge on any atom is -0.490 e. The average molecular weight is 356 g/mol. The van der Waals surface area contributed by atoms with Gasteiger partial charge in [0.2, 0.25) is 0 Å². The summed E-state index contributed by atoms with van der Waals surface area (Å²) in [6, 6.07) is 7.71. The summed E-state index contributed by atoms with van der Waals surface area (Å²) in [5.41, 5.74) is -0.990. The maximum atomic E-state index is 11.0. The number of rotatable bonds is 8. The monoisotopic (exact) mass is 355 g/mol. The van der Waals surface area contributed by atoms with Crippen LogP contribution in [-0.2, 0) is 4.74 Å². The van der Waals surface area contributed by atoms with E-state index in [0.29, 0.717) is 36.6 Å². The Balaban J connectivity index is 1.99. The van der Waals surface area contributed by atoms with Gasteiger partial charge in [0, 0.05) is 24.2 Å². The van der Waals surface area contributed by atoms with Gasteiger partial charge in [0.25, 0.3) is 0 Å². The quantitative estimate of drug-likeness (QED) is 0.771. The lowest BCUT2D eigenvalue weighted by Crippen LogP contribution is -2.51. The third kappa shape index (κ3) is 5.92. The van der Waals surface area contributed by atoms with E-state index < -0.39 is 5.60 Å². The third-order valence-corrected chi connectivity index (χ3v) is 4.72. The first-order chi connectivity index (χ1) is 11.6. The average Bonchev–Trinajstić information content (AvgIpc) is 2.76. The van der Waals surface area contributed by atoms with Crippen molar-refractivity contribution in [3.63, 3.8) is 0 Å². The molecule has 0 saturated carbocycles. The smallest absolute Gasteiger partial charge is 0.134 e. The number of aliphatic hydroxyl groups is 1. The lowest BCUT2D eigenvalue weighted by molar-refractivity contribution is -0.0676. The van der Waals surface area contributed by atoms with Gasteiger partial charge >= 0.3 is 0 Å². The molecule has 136 valence electrons. The summed E-state index contributed by atoms with van der Waals surface area (Å²) in [6.07, 6.45) is 4.62. The molecular weight excluding hydrogens is 326 g/mol. The Hall–Kier alpha value is -0.810. The van der Waals surface area contributed by atoms with E-state index in [1.165, 1.54) is 0 Å². The Morgan fingerprint density at radius 1 is 1.25 bits per heavy atom. The Kier molecular flexibility index (Phi) is 7.82. The number of benzene rings is 1. The predicted octanol–water partition coefficient (Wildman–Crippen LogP) is 3.75. The molecule has 1 aromatic carbocycles. The van der Waals surface area contributed by atoms with Gasteiger partial charge in [-0.15, -0.1) is 0 Å². The van der Waals surface area contributed by atoms with Gasteiger partial charge in [-0.1, -0.05) is 38.3 Å².